The van der Waals surface area contributed by atoms with Crippen molar-refractivity contribution in [2.24, 2.45) is 5.73 Å². The molecule has 1 fully saturated rings. The van der Waals surface area contributed by atoms with Gasteiger partial charge >= 0.3 is 0 Å². The largest absolute Gasteiger partial charge is 0.336 e. The molecule has 0 bridgehead atoms. The van der Waals surface area contributed by atoms with Crippen LogP contribution in [0, 0.1) is 13.8 Å². The molecule has 3 nitrogen and oxygen atoms in total. The van der Waals surface area contributed by atoms with Crippen molar-refractivity contribution >= 4 is 5.91 Å². The minimum atomic E-state index is 0.204. The van der Waals surface area contributed by atoms with Crippen molar-refractivity contribution in [1.29, 1.82) is 0 Å². The van der Waals surface area contributed by atoms with E-state index in [2.05, 4.69) is 4.90 Å². The fraction of sp³-hybridized carbons (Fsp3) is 0.562. The van der Waals surface area contributed by atoms with Gasteiger partial charge in [-0.05, 0) is 57.2 Å². The molecule has 0 aromatic heterocycles. The van der Waals surface area contributed by atoms with Gasteiger partial charge in [-0.2, -0.15) is 0 Å². The van der Waals surface area contributed by atoms with Crippen LogP contribution in [0.5, 0.6) is 0 Å². The van der Waals surface area contributed by atoms with Gasteiger partial charge in [0, 0.05) is 18.2 Å². The second-order valence-electron chi connectivity index (χ2n) is 5.49. The molecule has 3 heteroatoms. The summed E-state index contributed by atoms with van der Waals surface area (Å²) in [5.41, 5.74) is 8.63. The second-order valence-corrected chi connectivity index (χ2v) is 5.49. The highest BCUT2D eigenvalue weighted by Crippen LogP contribution is 2.25. The minimum absolute atomic E-state index is 0.204. The zero-order chi connectivity index (χ0) is 13.8. The highest BCUT2D eigenvalue weighted by molar-refractivity contribution is 5.97. The van der Waals surface area contributed by atoms with E-state index in [0.29, 0.717) is 12.6 Å². The standard InChI is InChI=1S/C16H24N2O/c1-12-6-3-7-13(2)15(12)16(19)18-11-5-9-14(18)8-4-10-17/h3,6-7,14H,4-5,8-11,17H2,1-2H3. The normalized spacial score (nSPS) is 18.9. The van der Waals surface area contributed by atoms with Crippen LogP contribution < -0.4 is 5.73 Å². The molecule has 1 aromatic carbocycles. The molecule has 1 heterocycles. The highest BCUT2D eigenvalue weighted by atomic mass is 16.2. The van der Waals surface area contributed by atoms with Crippen LogP contribution in [0.25, 0.3) is 0 Å². The number of aryl methyl sites for hydroxylation is 2. The number of likely N-dealkylation sites (tertiary alicyclic amines) is 1. The molecule has 1 aliphatic heterocycles. The van der Waals surface area contributed by atoms with E-state index >= 15 is 0 Å². The van der Waals surface area contributed by atoms with Gasteiger partial charge in [0.2, 0.25) is 0 Å². The molecule has 1 aliphatic rings. The van der Waals surface area contributed by atoms with Crippen molar-refractivity contribution in [3.05, 3.63) is 34.9 Å². The molecule has 0 radical (unpaired) electrons. The molecule has 19 heavy (non-hydrogen) atoms. The first kappa shape index (κ1) is 14.1. The number of hydrogen-bond donors (Lipinski definition) is 1. The SMILES string of the molecule is Cc1cccc(C)c1C(=O)N1CCCC1CCCN. The number of nitrogens with two attached hydrogens (primary N) is 1. The third-order valence-corrected chi connectivity index (χ3v) is 4.07. The maximum Gasteiger partial charge on any atom is 0.254 e. The van der Waals surface area contributed by atoms with Gasteiger partial charge in [-0.1, -0.05) is 18.2 Å². The van der Waals surface area contributed by atoms with Crippen LogP contribution >= 0.6 is 0 Å². The van der Waals surface area contributed by atoms with Crippen molar-refractivity contribution < 1.29 is 4.79 Å². The Morgan fingerprint density at radius 1 is 1.37 bits per heavy atom. The highest BCUT2D eigenvalue weighted by Gasteiger charge is 2.30. The van der Waals surface area contributed by atoms with Gasteiger partial charge in [0.15, 0.2) is 0 Å². The van der Waals surface area contributed by atoms with Crippen molar-refractivity contribution in [2.45, 2.75) is 45.6 Å². The minimum Gasteiger partial charge on any atom is -0.336 e. The monoisotopic (exact) mass is 260 g/mol. The van der Waals surface area contributed by atoms with Gasteiger partial charge in [0.1, 0.15) is 0 Å². The van der Waals surface area contributed by atoms with Crippen LogP contribution in [0.3, 0.4) is 0 Å². The van der Waals surface area contributed by atoms with E-state index in [4.69, 9.17) is 5.73 Å². The second kappa shape index (κ2) is 6.20. The molecule has 0 aliphatic carbocycles. The molecule has 104 valence electrons. The summed E-state index contributed by atoms with van der Waals surface area (Å²) >= 11 is 0. The predicted octanol–water partition coefficient (Wildman–Crippen LogP) is 2.65. The molecule has 0 spiro atoms. The van der Waals surface area contributed by atoms with Crippen LogP contribution in [0.1, 0.15) is 47.2 Å². The first-order valence-electron chi connectivity index (χ1n) is 7.22. The Morgan fingerprint density at radius 3 is 2.68 bits per heavy atom. The number of carbonyl (C=O) groups excluding carboxylic acids is 1. The molecule has 1 saturated heterocycles. The lowest BCUT2D eigenvalue weighted by Crippen LogP contribution is -2.36. The van der Waals surface area contributed by atoms with Crippen LogP contribution in [0.2, 0.25) is 0 Å². The molecule has 1 amide bonds. The molecule has 2 rings (SSSR count). The summed E-state index contributed by atoms with van der Waals surface area (Å²) in [6.45, 7) is 5.64. The van der Waals surface area contributed by atoms with E-state index in [9.17, 15) is 4.79 Å². The Bertz CT molecular complexity index is 436. The fourth-order valence-corrected chi connectivity index (χ4v) is 3.05. The lowest BCUT2D eigenvalue weighted by atomic mass is 10.0. The first-order chi connectivity index (χ1) is 9.15. The molecule has 2 N–H and O–H groups in total. The maximum atomic E-state index is 12.8. The van der Waals surface area contributed by atoms with E-state index < -0.39 is 0 Å². The third-order valence-electron chi connectivity index (χ3n) is 4.07. The molecular weight excluding hydrogens is 236 g/mol. The summed E-state index contributed by atoms with van der Waals surface area (Å²) in [5, 5.41) is 0. The molecule has 1 unspecified atom stereocenters. The average molecular weight is 260 g/mol. The van der Waals surface area contributed by atoms with Crippen LogP contribution in [0.15, 0.2) is 18.2 Å². The summed E-state index contributed by atoms with van der Waals surface area (Å²) in [7, 11) is 0. The van der Waals surface area contributed by atoms with Crippen molar-refractivity contribution in [3.8, 4) is 0 Å². The number of benzene rings is 1. The Morgan fingerprint density at radius 2 is 2.05 bits per heavy atom. The zero-order valence-electron chi connectivity index (χ0n) is 12.0. The lowest BCUT2D eigenvalue weighted by Gasteiger charge is -2.26. The van der Waals surface area contributed by atoms with Crippen molar-refractivity contribution in [3.63, 3.8) is 0 Å². The number of rotatable bonds is 4. The van der Waals surface area contributed by atoms with Crippen LogP contribution in [0.4, 0.5) is 0 Å². The number of hydrogen-bond acceptors (Lipinski definition) is 2. The van der Waals surface area contributed by atoms with E-state index in [1.807, 2.05) is 32.0 Å². The van der Waals surface area contributed by atoms with E-state index in [1.54, 1.807) is 0 Å². The Hall–Kier alpha value is -1.35. The van der Waals surface area contributed by atoms with E-state index in [0.717, 1.165) is 48.9 Å². The number of carbonyl (C=O) groups is 1. The number of amides is 1. The van der Waals surface area contributed by atoms with Crippen LogP contribution in [-0.2, 0) is 0 Å². The van der Waals surface area contributed by atoms with Crippen molar-refractivity contribution in [2.75, 3.05) is 13.1 Å². The van der Waals surface area contributed by atoms with Gasteiger partial charge in [-0.15, -0.1) is 0 Å². The fourth-order valence-electron chi connectivity index (χ4n) is 3.05. The summed E-state index contributed by atoms with van der Waals surface area (Å²) in [5.74, 6) is 0.204. The van der Waals surface area contributed by atoms with Crippen LogP contribution in [-0.4, -0.2) is 29.9 Å². The number of nitrogens with zero attached hydrogens (tertiary/aromatic N) is 1. The van der Waals surface area contributed by atoms with Gasteiger partial charge in [0.05, 0.1) is 0 Å². The quantitative estimate of drug-likeness (QED) is 0.904. The zero-order valence-corrected chi connectivity index (χ0v) is 12.0. The molecule has 1 atom stereocenters. The summed E-state index contributed by atoms with van der Waals surface area (Å²) in [6.07, 6.45) is 4.27. The summed E-state index contributed by atoms with van der Waals surface area (Å²) in [6, 6.07) is 6.43. The topological polar surface area (TPSA) is 46.3 Å². The first-order valence-corrected chi connectivity index (χ1v) is 7.22. The Balaban J connectivity index is 2.18. The Kier molecular flexibility index (Phi) is 4.59. The van der Waals surface area contributed by atoms with Gasteiger partial charge in [-0.25, -0.2) is 0 Å². The van der Waals surface area contributed by atoms with Gasteiger partial charge in [-0.3, -0.25) is 4.79 Å². The lowest BCUT2D eigenvalue weighted by molar-refractivity contribution is 0.0728. The molecular formula is C16H24N2O. The molecule has 1 aromatic rings. The summed E-state index contributed by atoms with van der Waals surface area (Å²) < 4.78 is 0. The maximum absolute atomic E-state index is 12.8. The third kappa shape index (κ3) is 2.98. The smallest absolute Gasteiger partial charge is 0.254 e. The van der Waals surface area contributed by atoms with Gasteiger partial charge < -0.3 is 10.6 Å². The molecule has 0 saturated carbocycles. The average Bonchev–Trinajstić information content (AvgIpc) is 2.84. The summed E-state index contributed by atoms with van der Waals surface area (Å²) in [4.78, 5) is 14.8. The van der Waals surface area contributed by atoms with Crippen molar-refractivity contribution in [1.82, 2.24) is 4.90 Å². The van der Waals surface area contributed by atoms with Gasteiger partial charge in [0.25, 0.3) is 5.91 Å². The van der Waals surface area contributed by atoms with E-state index in [1.165, 1.54) is 0 Å². The van der Waals surface area contributed by atoms with E-state index in [-0.39, 0.29) is 5.91 Å². The predicted molar refractivity (Wildman–Crippen MR) is 78.3 cm³/mol. The Labute approximate surface area is 115 Å².